The van der Waals surface area contributed by atoms with Crippen molar-refractivity contribution >= 4 is 16.0 Å². The van der Waals surface area contributed by atoms with Gasteiger partial charge in [-0.15, -0.1) is 0 Å². The van der Waals surface area contributed by atoms with Crippen LogP contribution in [-0.2, 0) is 19.6 Å². The van der Waals surface area contributed by atoms with Crippen LogP contribution in [0.4, 0.5) is 0 Å². The fourth-order valence-electron chi connectivity index (χ4n) is 0.964. The molecule has 0 bridgehead atoms. The predicted molar refractivity (Wildman–Crippen MR) is 67.1 cm³/mol. The van der Waals surface area contributed by atoms with Crippen LogP contribution in [0.2, 0.25) is 0 Å². The van der Waals surface area contributed by atoms with E-state index in [9.17, 15) is 13.2 Å². The second-order valence-electron chi connectivity index (χ2n) is 4.76. The number of carbonyl (C=O) groups excluding carboxylic acids is 1. The Balaban J connectivity index is 4.18. The van der Waals surface area contributed by atoms with E-state index in [1.165, 1.54) is 0 Å². The minimum absolute atomic E-state index is 0.0196. The third kappa shape index (κ3) is 6.02. The van der Waals surface area contributed by atoms with Gasteiger partial charge in [-0.05, 0) is 34.1 Å². The summed E-state index contributed by atoms with van der Waals surface area (Å²) in [6.45, 7) is 8.79. The molecule has 0 aliphatic rings. The molecule has 17 heavy (non-hydrogen) atoms. The number of carbonyl (C=O) groups is 1. The van der Waals surface area contributed by atoms with Crippen molar-refractivity contribution < 1.29 is 17.9 Å². The number of rotatable bonds is 7. The van der Waals surface area contributed by atoms with Crippen LogP contribution in [0.25, 0.3) is 0 Å². The molecule has 1 atom stereocenters. The Labute approximate surface area is 104 Å². The molecule has 0 heterocycles. The predicted octanol–water partition coefficient (Wildman–Crippen LogP) is 1.29. The molecule has 1 unspecified atom stereocenters. The Morgan fingerprint density at radius 1 is 1.35 bits per heavy atom. The van der Waals surface area contributed by atoms with Crippen molar-refractivity contribution in [2.45, 2.75) is 47.1 Å². The maximum Gasteiger partial charge on any atom is 0.311 e. The van der Waals surface area contributed by atoms with Crippen molar-refractivity contribution in [3.05, 3.63) is 0 Å². The smallest absolute Gasteiger partial charge is 0.311 e. The third-order valence-electron chi connectivity index (χ3n) is 2.66. The monoisotopic (exact) mass is 265 g/mol. The number of ether oxygens (including phenoxy) is 1. The van der Waals surface area contributed by atoms with Gasteiger partial charge in [0.25, 0.3) is 0 Å². The molecule has 0 radical (unpaired) electrons. The van der Waals surface area contributed by atoms with Gasteiger partial charge in [0.15, 0.2) is 0 Å². The van der Waals surface area contributed by atoms with Gasteiger partial charge in [0.1, 0.15) is 6.61 Å². The van der Waals surface area contributed by atoms with Crippen molar-refractivity contribution in [3.63, 3.8) is 0 Å². The van der Waals surface area contributed by atoms with Crippen LogP contribution in [-0.4, -0.2) is 32.8 Å². The lowest BCUT2D eigenvalue weighted by molar-refractivity contribution is -0.154. The molecular formula is C11H23NO4S. The van der Waals surface area contributed by atoms with Gasteiger partial charge in [-0.25, -0.2) is 13.1 Å². The van der Waals surface area contributed by atoms with E-state index in [0.29, 0.717) is 6.42 Å². The summed E-state index contributed by atoms with van der Waals surface area (Å²) < 4.78 is 30.0. The molecule has 0 saturated carbocycles. The quantitative estimate of drug-likeness (QED) is 0.704. The van der Waals surface area contributed by atoms with Crippen LogP contribution in [0.3, 0.4) is 0 Å². The van der Waals surface area contributed by atoms with E-state index in [1.807, 2.05) is 6.92 Å². The van der Waals surface area contributed by atoms with E-state index < -0.39 is 21.5 Å². The number of sulfonamides is 1. The highest BCUT2D eigenvalue weighted by atomic mass is 32.2. The Bertz CT molecular complexity index is 348. The Morgan fingerprint density at radius 3 is 2.29 bits per heavy atom. The van der Waals surface area contributed by atoms with Gasteiger partial charge in [-0.2, -0.15) is 0 Å². The van der Waals surface area contributed by atoms with Gasteiger partial charge >= 0.3 is 5.97 Å². The van der Waals surface area contributed by atoms with Crippen LogP contribution < -0.4 is 4.72 Å². The summed E-state index contributed by atoms with van der Waals surface area (Å²) in [6.07, 6.45) is 0.681. The highest BCUT2D eigenvalue weighted by molar-refractivity contribution is 7.89. The molecule has 1 N–H and O–H groups in total. The average molecular weight is 265 g/mol. The molecular weight excluding hydrogens is 242 g/mol. The fraction of sp³-hybridized carbons (Fsp3) is 0.909. The zero-order valence-corrected chi connectivity index (χ0v) is 12.1. The van der Waals surface area contributed by atoms with E-state index in [1.54, 1.807) is 27.7 Å². The second kappa shape index (κ2) is 6.35. The molecule has 0 fully saturated rings. The fourth-order valence-corrected chi connectivity index (χ4v) is 1.81. The summed E-state index contributed by atoms with van der Waals surface area (Å²) in [6, 6.07) is -0.406. The van der Waals surface area contributed by atoms with Crippen molar-refractivity contribution in [1.82, 2.24) is 4.72 Å². The number of esters is 1. The maximum atomic E-state index is 11.6. The zero-order valence-electron chi connectivity index (χ0n) is 11.2. The van der Waals surface area contributed by atoms with Crippen molar-refractivity contribution in [1.29, 1.82) is 0 Å². The van der Waals surface area contributed by atoms with Crippen LogP contribution in [0.5, 0.6) is 0 Å². The first-order valence-corrected chi connectivity index (χ1v) is 7.47. The van der Waals surface area contributed by atoms with Gasteiger partial charge in [-0.1, -0.05) is 6.92 Å². The van der Waals surface area contributed by atoms with Crippen LogP contribution in [0.1, 0.15) is 41.0 Å². The highest BCUT2D eigenvalue weighted by Crippen LogP contribution is 2.21. The van der Waals surface area contributed by atoms with E-state index in [-0.39, 0.29) is 18.3 Å². The van der Waals surface area contributed by atoms with Gasteiger partial charge in [-0.3, -0.25) is 4.79 Å². The summed E-state index contributed by atoms with van der Waals surface area (Å²) in [5, 5.41) is 0. The van der Waals surface area contributed by atoms with Crippen molar-refractivity contribution in [2.75, 3.05) is 12.4 Å². The third-order valence-corrected chi connectivity index (χ3v) is 4.18. The van der Waals surface area contributed by atoms with E-state index in [4.69, 9.17) is 4.74 Å². The molecule has 102 valence electrons. The minimum Gasteiger partial charge on any atom is -0.464 e. The molecule has 0 aromatic heterocycles. The molecule has 6 heteroatoms. The molecule has 5 nitrogen and oxygen atoms in total. The molecule has 0 amide bonds. The highest BCUT2D eigenvalue weighted by Gasteiger charge is 2.27. The average Bonchev–Trinajstić information content (AvgIpc) is 2.25. The lowest BCUT2D eigenvalue weighted by Gasteiger charge is -2.22. The van der Waals surface area contributed by atoms with E-state index in [0.717, 1.165) is 0 Å². The molecule has 0 rings (SSSR count). The first kappa shape index (κ1) is 16.4. The summed E-state index contributed by atoms with van der Waals surface area (Å²) in [4.78, 5) is 11.6. The molecule has 0 saturated heterocycles. The van der Waals surface area contributed by atoms with Crippen LogP contribution in [0, 0.1) is 5.41 Å². The molecule has 0 aliphatic carbocycles. The molecule has 0 aromatic rings. The number of hydrogen-bond donors (Lipinski definition) is 1. The molecule has 0 aliphatic heterocycles. The lowest BCUT2D eigenvalue weighted by atomic mass is 9.91. The maximum absolute atomic E-state index is 11.6. The van der Waals surface area contributed by atoms with Crippen LogP contribution in [0.15, 0.2) is 0 Å². The first-order valence-electron chi connectivity index (χ1n) is 5.82. The summed E-state index contributed by atoms with van der Waals surface area (Å²) in [5.41, 5.74) is -0.524. The SMILES string of the molecule is CCC(C)(C)C(=O)OCC(C)NS(=O)(=O)CC. The Morgan fingerprint density at radius 2 is 1.88 bits per heavy atom. The normalized spacial score (nSPS) is 14.4. The molecule has 0 spiro atoms. The second-order valence-corrected chi connectivity index (χ2v) is 6.80. The van der Waals surface area contributed by atoms with Crippen molar-refractivity contribution in [2.24, 2.45) is 5.41 Å². The van der Waals surface area contributed by atoms with Gasteiger partial charge in [0, 0.05) is 0 Å². The van der Waals surface area contributed by atoms with Gasteiger partial charge in [0.2, 0.25) is 10.0 Å². The Kier molecular flexibility index (Phi) is 6.12. The van der Waals surface area contributed by atoms with E-state index in [2.05, 4.69) is 4.72 Å². The topological polar surface area (TPSA) is 72.5 Å². The minimum atomic E-state index is -3.25. The van der Waals surface area contributed by atoms with Crippen LogP contribution >= 0.6 is 0 Å². The summed E-state index contributed by atoms with van der Waals surface area (Å²) in [7, 11) is -3.25. The molecule has 0 aromatic carbocycles. The zero-order chi connectivity index (χ0) is 13.7. The standard InChI is InChI=1S/C11H23NO4S/c1-6-11(4,5)10(13)16-8-9(3)12-17(14,15)7-2/h9,12H,6-8H2,1-5H3. The largest absolute Gasteiger partial charge is 0.464 e. The summed E-state index contributed by atoms with van der Waals surface area (Å²) in [5.74, 6) is -0.284. The lowest BCUT2D eigenvalue weighted by Crippen LogP contribution is -2.38. The van der Waals surface area contributed by atoms with Gasteiger partial charge in [0.05, 0.1) is 17.2 Å². The van der Waals surface area contributed by atoms with Crippen molar-refractivity contribution in [3.8, 4) is 0 Å². The van der Waals surface area contributed by atoms with E-state index >= 15 is 0 Å². The number of nitrogens with one attached hydrogen (secondary N) is 1. The Hall–Kier alpha value is -0.620. The number of hydrogen-bond acceptors (Lipinski definition) is 4. The first-order chi connectivity index (χ1) is 7.64. The summed E-state index contributed by atoms with van der Waals surface area (Å²) >= 11 is 0. The van der Waals surface area contributed by atoms with Gasteiger partial charge < -0.3 is 4.74 Å².